The fourth-order valence-electron chi connectivity index (χ4n) is 4.83. The molecule has 3 aromatic rings. The molecule has 1 aliphatic heterocycles. The second-order valence-corrected chi connectivity index (χ2v) is 10.2. The lowest BCUT2D eigenvalue weighted by atomic mass is 9.83. The third kappa shape index (κ3) is 5.69. The molecule has 6 nitrogen and oxygen atoms in total. The summed E-state index contributed by atoms with van der Waals surface area (Å²) >= 11 is 1.32. The fourth-order valence-corrected chi connectivity index (χ4v) is 5.87. The zero-order valence-electron chi connectivity index (χ0n) is 21.6. The number of hydrogen-bond donors (Lipinski definition) is 0. The number of thiophene rings is 1. The highest BCUT2D eigenvalue weighted by Gasteiger charge is 2.39. The van der Waals surface area contributed by atoms with Crippen LogP contribution in [0.3, 0.4) is 0 Å². The number of hydrogen-bond acceptors (Lipinski definition) is 5. The first-order valence-electron chi connectivity index (χ1n) is 12.6. The Kier molecular flexibility index (Phi) is 8.38. The van der Waals surface area contributed by atoms with Crippen LogP contribution in [0.1, 0.15) is 53.3 Å². The van der Waals surface area contributed by atoms with Gasteiger partial charge in [-0.05, 0) is 42.8 Å². The quantitative estimate of drug-likeness (QED) is 0.334. The lowest BCUT2D eigenvalue weighted by Gasteiger charge is -2.33. The molecule has 0 radical (unpaired) electrons. The zero-order chi connectivity index (χ0) is 27.4. The number of aryl methyl sites for hydroxylation is 1. The molecular weight excluding hydrogens is 511 g/mol. The maximum Gasteiger partial charge on any atom is 0.435 e. The number of rotatable bonds is 8. The molecule has 2 aromatic heterocycles. The van der Waals surface area contributed by atoms with Crippen LogP contribution in [0.25, 0.3) is 11.1 Å². The zero-order valence-corrected chi connectivity index (χ0v) is 22.4. The van der Waals surface area contributed by atoms with Crippen molar-refractivity contribution in [3.05, 3.63) is 75.3 Å². The van der Waals surface area contributed by atoms with Crippen molar-refractivity contribution < 1.29 is 18.0 Å². The van der Waals surface area contributed by atoms with Crippen LogP contribution in [0, 0.1) is 11.3 Å². The van der Waals surface area contributed by atoms with Crippen LogP contribution in [0.4, 0.5) is 13.2 Å². The summed E-state index contributed by atoms with van der Waals surface area (Å²) in [6.45, 7) is 9.22. The minimum absolute atomic E-state index is 0.00908. The molecule has 200 valence electrons. The Hall–Kier alpha value is -3.42. The molecular formula is C28H30F3N5OS. The number of likely N-dealkylation sites (N-methyl/N-ethyl adjacent to an activating group) is 1. The van der Waals surface area contributed by atoms with Crippen LogP contribution in [-0.2, 0) is 24.1 Å². The highest BCUT2D eigenvalue weighted by Crippen LogP contribution is 2.44. The molecule has 38 heavy (non-hydrogen) atoms. The van der Waals surface area contributed by atoms with E-state index in [1.54, 1.807) is 48.2 Å². The average Bonchev–Trinajstić information content (AvgIpc) is 3.55. The highest BCUT2D eigenvalue weighted by molar-refractivity contribution is 7.12. The summed E-state index contributed by atoms with van der Waals surface area (Å²) in [6.07, 6.45) is 0.225. The summed E-state index contributed by atoms with van der Waals surface area (Å²) < 4.78 is 43.2. The Morgan fingerprint density at radius 2 is 1.95 bits per heavy atom. The van der Waals surface area contributed by atoms with E-state index >= 15 is 0 Å². The first-order valence-corrected chi connectivity index (χ1v) is 13.5. The van der Waals surface area contributed by atoms with Crippen LogP contribution in [-0.4, -0.2) is 51.7 Å². The van der Waals surface area contributed by atoms with Crippen LogP contribution < -0.4 is 0 Å². The summed E-state index contributed by atoms with van der Waals surface area (Å²) in [5.41, 5.74) is 1.05. The number of alkyl halides is 3. The molecule has 1 aliphatic rings. The van der Waals surface area contributed by atoms with E-state index in [0.717, 1.165) is 23.5 Å². The molecule has 4 rings (SSSR count). The van der Waals surface area contributed by atoms with Gasteiger partial charge >= 0.3 is 6.18 Å². The molecule has 10 heteroatoms. The van der Waals surface area contributed by atoms with Gasteiger partial charge in [0.2, 0.25) is 5.91 Å². The van der Waals surface area contributed by atoms with Gasteiger partial charge in [-0.15, -0.1) is 11.3 Å². The summed E-state index contributed by atoms with van der Waals surface area (Å²) in [5.74, 6) is -0.550. The Labute approximate surface area is 224 Å². The van der Waals surface area contributed by atoms with Crippen LogP contribution in [0.5, 0.6) is 0 Å². The maximum atomic E-state index is 14.0. The molecule has 0 spiro atoms. The predicted octanol–water partition coefficient (Wildman–Crippen LogP) is 5.89. The molecule has 0 saturated carbocycles. The summed E-state index contributed by atoms with van der Waals surface area (Å²) in [5, 5.41) is 13.4. The molecule has 1 aromatic carbocycles. The number of benzene rings is 1. The first kappa shape index (κ1) is 27.6. The second-order valence-electron chi connectivity index (χ2n) is 9.09. The number of carbonyl (C=O) groups excluding carboxylic acids is 1. The number of aromatic nitrogens is 2. The Bertz CT molecular complexity index is 1360. The van der Waals surface area contributed by atoms with Crippen molar-refractivity contribution in [2.24, 2.45) is 0 Å². The molecule has 0 N–H and O–H groups in total. The number of halogens is 3. The van der Waals surface area contributed by atoms with Crippen molar-refractivity contribution in [3.63, 3.8) is 0 Å². The van der Waals surface area contributed by atoms with Crippen molar-refractivity contribution in [1.29, 1.82) is 5.26 Å². The molecule has 1 unspecified atom stereocenters. The van der Waals surface area contributed by atoms with Gasteiger partial charge in [-0.25, -0.2) is 0 Å². The molecule has 0 aliphatic carbocycles. The normalized spacial score (nSPS) is 15.7. The second kappa shape index (κ2) is 11.5. The highest BCUT2D eigenvalue weighted by atomic mass is 32.1. The Morgan fingerprint density at radius 3 is 2.61 bits per heavy atom. The van der Waals surface area contributed by atoms with Crippen LogP contribution >= 0.6 is 11.3 Å². The number of amides is 1. The Balaban J connectivity index is 1.76. The lowest BCUT2D eigenvalue weighted by Crippen LogP contribution is -2.37. The molecule has 1 amide bonds. The predicted molar refractivity (Wildman–Crippen MR) is 142 cm³/mol. The summed E-state index contributed by atoms with van der Waals surface area (Å²) in [6, 6.07) is 11.0. The van der Waals surface area contributed by atoms with Gasteiger partial charge in [0.25, 0.3) is 0 Å². The van der Waals surface area contributed by atoms with Gasteiger partial charge in [-0.2, -0.15) is 23.5 Å². The van der Waals surface area contributed by atoms with Gasteiger partial charge < -0.3 is 9.80 Å². The van der Waals surface area contributed by atoms with E-state index in [1.807, 2.05) is 6.08 Å². The van der Waals surface area contributed by atoms with E-state index in [-0.39, 0.29) is 17.4 Å². The minimum atomic E-state index is -4.62. The van der Waals surface area contributed by atoms with Crippen molar-refractivity contribution in [2.45, 2.75) is 46.0 Å². The van der Waals surface area contributed by atoms with Crippen molar-refractivity contribution >= 4 is 17.2 Å². The van der Waals surface area contributed by atoms with Gasteiger partial charge in [0.1, 0.15) is 10.9 Å². The standard InChI is InChI=1S/C28H30F3N5OS/c1-4-34(5-2)13-9-12-26(37)35-16-23(22-14-19(15-32)38-25(22)18-35)20-10-7-8-11-21(20)24-17-36(6-3)33-27(24)28(29,30)31/h7-12,14,17,23H,4-6,13,16,18H2,1-3H3/b12-9+. The van der Waals surface area contributed by atoms with Crippen molar-refractivity contribution in [1.82, 2.24) is 19.6 Å². The smallest absolute Gasteiger partial charge is 0.333 e. The number of carbonyl (C=O) groups is 1. The molecule has 0 fully saturated rings. The molecule has 3 heterocycles. The van der Waals surface area contributed by atoms with Gasteiger partial charge in [0, 0.05) is 48.3 Å². The average molecular weight is 542 g/mol. The summed E-state index contributed by atoms with van der Waals surface area (Å²) in [7, 11) is 0. The molecule has 0 saturated heterocycles. The van der Waals surface area contributed by atoms with E-state index in [4.69, 9.17) is 0 Å². The number of fused-ring (bicyclic) bond motifs is 1. The first-order chi connectivity index (χ1) is 18.2. The van der Waals surface area contributed by atoms with Gasteiger partial charge in [-0.3, -0.25) is 9.48 Å². The van der Waals surface area contributed by atoms with Gasteiger partial charge in [-0.1, -0.05) is 44.2 Å². The third-order valence-electron chi connectivity index (χ3n) is 6.88. The van der Waals surface area contributed by atoms with E-state index < -0.39 is 11.9 Å². The van der Waals surface area contributed by atoms with Gasteiger partial charge in [0.15, 0.2) is 5.69 Å². The van der Waals surface area contributed by atoms with Gasteiger partial charge in [0.05, 0.1) is 6.54 Å². The van der Waals surface area contributed by atoms with Crippen LogP contribution in [0.2, 0.25) is 0 Å². The molecule has 1 atom stereocenters. The van der Waals surface area contributed by atoms with E-state index in [0.29, 0.717) is 42.2 Å². The fraction of sp³-hybridized carbons (Fsp3) is 0.393. The Morgan fingerprint density at radius 1 is 1.21 bits per heavy atom. The number of nitriles is 1. The van der Waals surface area contributed by atoms with Crippen molar-refractivity contribution in [2.75, 3.05) is 26.2 Å². The lowest BCUT2D eigenvalue weighted by molar-refractivity contribution is -0.141. The van der Waals surface area contributed by atoms with Crippen LogP contribution in [0.15, 0.2) is 48.7 Å². The topological polar surface area (TPSA) is 65.2 Å². The summed E-state index contributed by atoms with van der Waals surface area (Å²) in [4.78, 5) is 18.5. The maximum absolute atomic E-state index is 14.0. The van der Waals surface area contributed by atoms with E-state index in [2.05, 4.69) is 29.9 Å². The van der Waals surface area contributed by atoms with Crippen molar-refractivity contribution in [3.8, 4) is 17.2 Å². The number of nitrogens with zero attached hydrogens (tertiary/aromatic N) is 5. The van der Waals surface area contributed by atoms with E-state index in [9.17, 15) is 23.2 Å². The van der Waals surface area contributed by atoms with E-state index in [1.165, 1.54) is 22.2 Å². The largest absolute Gasteiger partial charge is 0.435 e. The third-order valence-corrected chi connectivity index (χ3v) is 7.92. The monoisotopic (exact) mass is 541 g/mol. The molecule has 0 bridgehead atoms. The minimum Gasteiger partial charge on any atom is -0.333 e. The SMILES string of the molecule is CCN(CC)C/C=C/C(=O)N1Cc2sc(C#N)cc2C(c2ccccc2-c2cn(CC)nc2C(F)(F)F)C1.